The monoisotopic (exact) mass is 554 g/mol. The van der Waals surface area contributed by atoms with Crippen LogP contribution < -0.4 is 20.1 Å². The van der Waals surface area contributed by atoms with Crippen LogP contribution in [0.3, 0.4) is 0 Å². The van der Waals surface area contributed by atoms with Crippen molar-refractivity contribution in [3.8, 4) is 11.5 Å². The van der Waals surface area contributed by atoms with Gasteiger partial charge in [-0.15, -0.1) is 0 Å². The van der Waals surface area contributed by atoms with Gasteiger partial charge in [0.15, 0.2) is 5.96 Å². The summed E-state index contributed by atoms with van der Waals surface area (Å²) in [6.07, 6.45) is 1.25. The van der Waals surface area contributed by atoms with Crippen molar-refractivity contribution in [2.45, 2.75) is 82.7 Å². The number of guanidine groups is 1. The minimum absolute atomic E-state index is 0.0729. The summed E-state index contributed by atoms with van der Waals surface area (Å²) in [5, 5.41) is 26.5. The molecular weight excluding hydrogens is 520 g/mol. The summed E-state index contributed by atoms with van der Waals surface area (Å²) in [7, 11) is 0. The first-order chi connectivity index (χ1) is 18.5. The zero-order valence-electron chi connectivity index (χ0n) is 22.6. The fourth-order valence-electron chi connectivity index (χ4n) is 5.80. The number of hydrogen-bond acceptors (Lipinski definition) is 6. The molecule has 2 aromatic rings. The molecule has 0 spiro atoms. The molecule has 0 radical (unpaired) electrons. The van der Waals surface area contributed by atoms with Crippen LogP contribution in [0.5, 0.6) is 11.5 Å². The van der Waals surface area contributed by atoms with Crippen LogP contribution in [0.2, 0.25) is 5.02 Å². The lowest BCUT2D eigenvalue weighted by Gasteiger charge is -2.45. The Morgan fingerprint density at radius 3 is 2.59 bits per heavy atom. The molecule has 9 nitrogen and oxygen atoms in total. The highest BCUT2D eigenvalue weighted by Gasteiger charge is 2.45. The zero-order chi connectivity index (χ0) is 28.1. The van der Waals surface area contributed by atoms with E-state index in [4.69, 9.17) is 26.5 Å². The van der Waals surface area contributed by atoms with Crippen LogP contribution in [-0.4, -0.2) is 51.6 Å². The van der Waals surface area contributed by atoms with Gasteiger partial charge in [0.25, 0.3) is 5.91 Å². The maximum Gasteiger partial charge on any atom is 0.251 e. The molecule has 3 atom stereocenters. The van der Waals surface area contributed by atoms with Crippen molar-refractivity contribution in [3.05, 3.63) is 58.1 Å². The lowest BCUT2D eigenvalue weighted by atomic mass is 9.85. The number of aliphatic hydroxyl groups is 1. The molecule has 5 rings (SSSR count). The molecule has 0 bridgehead atoms. The summed E-state index contributed by atoms with van der Waals surface area (Å²) in [6.45, 7) is 7.96. The van der Waals surface area contributed by atoms with Gasteiger partial charge in [0, 0.05) is 33.7 Å². The standard InChI is InChI=1S/C29H35ClN4O5/c1-5-29(6-2)15-23(35)34(27(31)33-29)20-11-12-38-21-9-7-16(13-18(20)21)26(37)32-24-19-14-17(30)8-10-22(19)39-28(3,4)25(24)36/h7-10,13-14,20,24-25,36H,5-6,11-12,15H2,1-4H3,(H2,31,33)(H,32,37)/t20-,24-,25+/m1/s1. The van der Waals surface area contributed by atoms with Crippen molar-refractivity contribution < 1.29 is 24.2 Å². The van der Waals surface area contributed by atoms with Crippen LogP contribution >= 0.6 is 11.6 Å². The molecule has 2 amide bonds. The third-order valence-corrected chi connectivity index (χ3v) is 8.56. The molecule has 0 saturated carbocycles. The largest absolute Gasteiger partial charge is 0.493 e. The zero-order valence-corrected chi connectivity index (χ0v) is 23.4. The quantitative estimate of drug-likeness (QED) is 0.432. The Bertz CT molecular complexity index is 1300. The van der Waals surface area contributed by atoms with Crippen molar-refractivity contribution in [2.75, 3.05) is 6.61 Å². The second kappa shape index (κ2) is 10.0. The number of benzene rings is 2. The highest BCUT2D eigenvalue weighted by Crippen LogP contribution is 2.42. The van der Waals surface area contributed by atoms with Gasteiger partial charge in [-0.2, -0.15) is 0 Å². The first kappa shape index (κ1) is 27.3. The van der Waals surface area contributed by atoms with Crippen molar-refractivity contribution in [2.24, 2.45) is 0 Å². The fourth-order valence-corrected chi connectivity index (χ4v) is 5.98. The van der Waals surface area contributed by atoms with Gasteiger partial charge in [0.05, 0.1) is 25.1 Å². The number of carbonyl (C=O) groups is 2. The van der Waals surface area contributed by atoms with E-state index in [1.807, 2.05) is 13.8 Å². The van der Waals surface area contributed by atoms with Crippen LogP contribution in [0.1, 0.15) is 86.9 Å². The maximum atomic E-state index is 13.6. The van der Waals surface area contributed by atoms with E-state index in [1.54, 1.807) is 50.2 Å². The Kier molecular flexibility index (Phi) is 7.01. The Morgan fingerprint density at radius 1 is 1.18 bits per heavy atom. The molecule has 3 aliphatic rings. The lowest BCUT2D eigenvalue weighted by Crippen LogP contribution is -2.62. The summed E-state index contributed by atoms with van der Waals surface area (Å²) in [6, 6.07) is 9.03. The Hall–Kier alpha value is -3.30. The normalized spacial score (nSPS) is 25.0. The molecule has 0 aliphatic carbocycles. The molecular formula is C29H35ClN4O5. The summed E-state index contributed by atoms with van der Waals surface area (Å²) in [4.78, 5) is 28.4. The molecule has 10 heteroatoms. The van der Waals surface area contributed by atoms with Gasteiger partial charge < -0.3 is 25.2 Å². The van der Waals surface area contributed by atoms with Crippen LogP contribution in [0, 0.1) is 5.41 Å². The van der Waals surface area contributed by atoms with E-state index in [1.165, 1.54) is 4.90 Å². The lowest BCUT2D eigenvalue weighted by molar-refractivity contribution is -0.133. The van der Waals surface area contributed by atoms with Gasteiger partial charge in [-0.1, -0.05) is 25.4 Å². The number of amides is 2. The topological polar surface area (TPSA) is 124 Å². The first-order valence-electron chi connectivity index (χ1n) is 13.4. The average Bonchev–Trinajstić information content (AvgIpc) is 2.91. The van der Waals surface area contributed by atoms with E-state index < -0.39 is 35.2 Å². The summed E-state index contributed by atoms with van der Waals surface area (Å²) in [5.74, 6) is 0.684. The van der Waals surface area contributed by atoms with E-state index in [0.717, 1.165) is 12.8 Å². The fraction of sp³-hybridized carbons (Fsp3) is 0.483. The molecule has 0 aromatic heterocycles. The van der Waals surface area contributed by atoms with Gasteiger partial charge in [0.1, 0.15) is 23.2 Å². The minimum Gasteiger partial charge on any atom is -0.493 e. The average molecular weight is 555 g/mol. The maximum absolute atomic E-state index is 13.6. The number of rotatable bonds is 5. The molecule has 4 N–H and O–H groups in total. The number of ether oxygens (including phenoxy) is 2. The predicted molar refractivity (Wildman–Crippen MR) is 147 cm³/mol. The Morgan fingerprint density at radius 2 is 1.90 bits per heavy atom. The molecule has 3 heterocycles. The van der Waals surface area contributed by atoms with E-state index in [-0.39, 0.29) is 11.9 Å². The minimum atomic E-state index is -1.03. The van der Waals surface area contributed by atoms with Gasteiger partial charge in [-0.25, -0.2) is 0 Å². The predicted octanol–water partition coefficient (Wildman–Crippen LogP) is 4.48. The van der Waals surface area contributed by atoms with Crippen LogP contribution in [0.25, 0.3) is 0 Å². The van der Waals surface area contributed by atoms with Crippen LogP contribution in [0.15, 0.2) is 36.4 Å². The highest BCUT2D eigenvalue weighted by molar-refractivity contribution is 6.30. The summed E-state index contributed by atoms with van der Waals surface area (Å²) >= 11 is 6.22. The molecule has 0 unspecified atom stereocenters. The summed E-state index contributed by atoms with van der Waals surface area (Å²) < 4.78 is 11.8. The first-order valence-corrected chi connectivity index (χ1v) is 13.8. The van der Waals surface area contributed by atoms with Crippen LogP contribution in [-0.2, 0) is 4.79 Å². The van der Waals surface area contributed by atoms with Crippen molar-refractivity contribution >= 4 is 29.4 Å². The third kappa shape index (κ3) is 4.82. The van der Waals surface area contributed by atoms with Gasteiger partial charge >= 0.3 is 0 Å². The van der Waals surface area contributed by atoms with E-state index >= 15 is 0 Å². The molecule has 39 heavy (non-hydrogen) atoms. The summed E-state index contributed by atoms with van der Waals surface area (Å²) in [5.41, 5.74) is 0.255. The molecule has 1 saturated heterocycles. The number of carbonyl (C=O) groups excluding carboxylic acids is 2. The molecule has 2 aromatic carbocycles. The smallest absolute Gasteiger partial charge is 0.251 e. The second-order valence-corrected chi connectivity index (χ2v) is 11.5. The number of fused-ring (bicyclic) bond motifs is 2. The van der Waals surface area contributed by atoms with Gasteiger partial charge in [0.2, 0.25) is 5.91 Å². The third-order valence-electron chi connectivity index (χ3n) is 8.32. The van der Waals surface area contributed by atoms with Crippen molar-refractivity contribution in [1.29, 1.82) is 5.41 Å². The Labute approximate surface area is 233 Å². The number of nitrogens with zero attached hydrogens (tertiary/aromatic N) is 1. The van der Waals surface area contributed by atoms with Crippen LogP contribution in [0.4, 0.5) is 0 Å². The number of halogens is 1. The van der Waals surface area contributed by atoms with E-state index in [9.17, 15) is 14.7 Å². The molecule has 1 fully saturated rings. The number of nitrogens with one attached hydrogen (secondary N) is 3. The van der Waals surface area contributed by atoms with E-state index in [0.29, 0.717) is 52.7 Å². The Balaban J connectivity index is 1.44. The number of hydrogen-bond donors (Lipinski definition) is 4. The van der Waals surface area contributed by atoms with Gasteiger partial charge in [-0.05, 0) is 63.1 Å². The highest BCUT2D eigenvalue weighted by atomic mass is 35.5. The van der Waals surface area contributed by atoms with Crippen molar-refractivity contribution in [1.82, 2.24) is 15.5 Å². The second-order valence-electron chi connectivity index (χ2n) is 11.1. The number of aliphatic hydroxyl groups excluding tert-OH is 1. The molecule has 3 aliphatic heterocycles. The van der Waals surface area contributed by atoms with Gasteiger partial charge in [-0.3, -0.25) is 19.9 Å². The SMILES string of the molecule is CCC1(CC)CC(=O)N([C@@H]2CCOc3ccc(C(=O)N[C@@H]4c5cc(Cl)ccc5OC(C)(C)[C@H]4O)cc32)C(=N)N1. The van der Waals surface area contributed by atoms with Crippen molar-refractivity contribution in [3.63, 3.8) is 0 Å². The molecule has 208 valence electrons. The van der Waals surface area contributed by atoms with E-state index in [2.05, 4.69) is 10.6 Å².